The van der Waals surface area contributed by atoms with Crippen LogP contribution in [-0.4, -0.2) is 16.9 Å². The summed E-state index contributed by atoms with van der Waals surface area (Å²) in [4.78, 5) is 22.2. The molecule has 6 nitrogen and oxygen atoms in total. The number of carbonyl (C=O) groups is 1. The third kappa shape index (κ3) is 3.04. The molecule has 18 heavy (non-hydrogen) atoms. The zero-order valence-electron chi connectivity index (χ0n) is 10.1. The van der Waals surface area contributed by atoms with Crippen LogP contribution in [-0.2, 0) is 0 Å². The highest BCUT2D eigenvalue weighted by Gasteiger charge is 2.22. The highest BCUT2D eigenvalue weighted by molar-refractivity contribution is 5.98. The first-order valence-electron chi connectivity index (χ1n) is 5.39. The van der Waals surface area contributed by atoms with E-state index in [-0.39, 0.29) is 23.7 Å². The lowest BCUT2D eigenvalue weighted by Crippen LogP contribution is -2.32. The van der Waals surface area contributed by atoms with E-state index in [2.05, 4.69) is 5.32 Å². The van der Waals surface area contributed by atoms with Gasteiger partial charge in [0.2, 0.25) is 0 Å². The number of nitro groups is 1. The zero-order chi connectivity index (χ0) is 13.7. The first kappa shape index (κ1) is 13.6. The number of nitrogens with one attached hydrogen (secondary N) is 1. The number of carbonyl (C=O) groups excluding carboxylic acids is 1. The summed E-state index contributed by atoms with van der Waals surface area (Å²) in [5, 5.41) is 22.0. The molecule has 0 saturated heterocycles. The average Bonchev–Trinajstić information content (AvgIpc) is 2.28. The van der Waals surface area contributed by atoms with Crippen molar-refractivity contribution in [1.29, 1.82) is 5.26 Å². The van der Waals surface area contributed by atoms with Gasteiger partial charge < -0.3 is 5.32 Å². The number of amides is 1. The van der Waals surface area contributed by atoms with Crippen molar-refractivity contribution in [3.05, 3.63) is 39.4 Å². The van der Waals surface area contributed by atoms with Crippen LogP contribution in [0, 0.1) is 28.4 Å². The maximum absolute atomic E-state index is 11.9. The molecule has 1 aromatic carbocycles. The quantitative estimate of drug-likeness (QED) is 0.649. The van der Waals surface area contributed by atoms with Gasteiger partial charge in [-0.15, -0.1) is 0 Å². The van der Waals surface area contributed by atoms with Crippen LogP contribution in [0.2, 0.25) is 0 Å². The standard InChI is InChI=1S/C12H13N3O3/c1-8-4-3-5-10(11(8)15(17)18)12(16)14-9(2)6-7-13/h3-5,9H,6H2,1-2H3,(H,14,16). The molecule has 1 amide bonds. The fourth-order valence-corrected chi connectivity index (χ4v) is 1.57. The Labute approximate surface area is 104 Å². The molecule has 1 rings (SSSR count). The van der Waals surface area contributed by atoms with Gasteiger partial charge in [-0.25, -0.2) is 0 Å². The minimum absolute atomic E-state index is 0.0183. The van der Waals surface area contributed by atoms with Gasteiger partial charge in [0.15, 0.2) is 0 Å². The molecular weight excluding hydrogens is 234 g/mol. The van der Waals surface area contributed by atoms with E-state index in [0.717, 1.165) is 0 Å². The van der Waals surface area contributed by atoms with E-state index in [1.165, 1.54) is 6.07 Å². The lowest BCUT2D eigenvalue weighted by atomic mass is 10.1. The topological polar surface area (TPSA) is 96.0 Å². The highest BCUT2D eigenvalue weighted by atomic mass is 16.6. The van der Waals surface area contributed by atoms with Gasteiger partial charge in [0.1, 0.15) is 5.56 Å². The van der Waals surface area contributed by atoms with Gasteiger partial charge in [0.25, 0.3) is 11.6 Å². The van der Waals surface area contributed by atoms with Crippen LogP contribution in [0.15, 0.2) is 18.2 Å². The van der Waals surface area contributed by atoms with Crippen molar-refractivity contribution in [2.45, 2.75) is 26.3 Å². The number of hydrogen-bond donors (Lipinski definition) is 1. The molecule has 0 radical (unpaired) electrons. The summed E-state index contributed by atoms with van der Waals surface area (Å²) in [7, 11) is 0. The van der Waals surface area contributed by atoms with Crippen molar-refractivity contribution in [3.63, 3.8) is 0 Å². The van der Waals surface area contributed by atoms with E-state index in [4.69, 9.17) is 5.26 Å². The van der Waals surface area contributed by atoms with E-state index in [1.807, 2.05) is 6.07 Å². The number of nitrogens with zero attached hydrogens (tertiary/aromatic N) is 2. The van der Waals surface area contributed by atoms with Crippen LogP contribution < -0.4 is 5.32 Å². The molecule has 0 fully saturated rings. The molecule has 1 N–H and O–H groups in total. The number of aryl methyl sites for hydroxylation is 1. The molecule has 0 aliphatic rings. The molecule has 6 heteroatoms. The molecule has 1 atom stereocenters. The Bertz CT molecular complexity index is 520. The summed E-state index contributed by atoms with van der Waals surface area (Å²) in [5.41, 5.74) is 0.254. The molecule has 0 saturated carbocycles. The molecule has 0 heterocycles. The molecule has 0 aromatic heterocycles. The van der Waals surface area contributed by atoms with Gasteiger partial charge in [-0.1, -0.05) is 12.1 Å². The van der Waals surface area contributed by atoms with Crippen molar-refractivity contribution in [2.24, 2.45) is 0 Å². The minimum atomic E-state index is -0.570. The molecule has 0 aliphatic heterocycles. The summed E-state index contributed by atoms with van der Waals surface area (Å²) >= 11 is 0. The molecule has 0 aliphatic carbocycles. The number of rotatable bonds is 4. The Morgan fingerprint density at radius 1 is 1.61 bits per heavy atom. The Hall–Kier alpha value is -2.42. The Kier molecular flexibility index (Phi) is 4.38. The maximum atomic E-state index is 11.9. The first-order valence-corrected chi connectivity index (χ1v) is 5.39. The van der Waals surface area contributed by atoms with E-state index in [1.54, 1.807) is 26.0 Å². The highest BCUT2D eigenvalue weighted by Crippen LogP contribution is 2.22. The number of nitriles is 1. The second-order valence-corrected chi connectivity index (χ2v) is 3.96. The van der Waals surface area contributed by atoms with Crippen molar-refractivity contribution >= 4 is 11.6 Å². The summed E-state index contributed by atoms with van der Waals surface area (Å²) in [6, 6.07) is 6.15. The van der Waals surface area contributed by atoms with E-state index >= 15 is 0 Å². The number of hydrogen-bond acceptors (Lipinski definition) is 4. The smallest absolute Gasteiger partial charge is 0.285 e. The van der Waals surface area contributed by atoms with Crippen molar-refractivity contribution in [2.75, 3.05) is 0 Å². The lowest BCUT2D eigenvalue weighted by molar-refractivity contribution is -0.385. The van der Waals surface area contributed by atoms with E-state index in [0.29, 0.717) is 5.56 Å². The van der Waals surface area contributed by atoms with Gasteiger partial charge >= 0.3 is 0 Å². The minimum Gasteiger partial charge on any atom is -0.348 e. The summed E-state index contributed by atoms with van der Waals surface area (Å²) in [6.45, 7) is 3.25. The molecule has 0 spiro atoms. The third-order valence-corrected chi connectivity index (χ3v) is 2.44. The first-order chi connectivity index (χ1) is 8.47. The van der Waals surface area contributed by atoms with Crippen molar-refractivity contribution in [1.82, 2.24) is 5.32 Å². The van der Waals surface area contributed by atoms with Gasteiger partial charge in [0, 0.05) is 11.6 Å². The summed E-state index contributed by atoms with van der Waals surface area (Å²) in [6.07, 6.45) is 0.158. The molecule has 0 bridgehead atoms. The number of benzene rings is 1. The number of nitro benzene ring substituents is 1. The van der Waals surface area contributed by atoms with E-state index in [9.17, 15) is 14.9 Å². The second kappa shape index (κ2) is 5.77. The van der Waals surface area contributed by atoms with Gasteiger partial charge in [-0.05, 0) is 19.9 Å². The Morgan fingerprint density at radius 2 is 2.28 bits per heavy atom. The van der Waals surface area contributed by atoms with Crippen LogP contribution >= 0.6 is 0 Å². The predicted molar refractivity (Wildman–Crippen MR) is 65.0 cm³/mol. The SMILES string of the molecule is Cc1cccc(C(=O)NC(C)CC#N)c1[N+](=O)[O-]. The normalized spacial score (nSPS) is 11.4. The van der Waals surface area contributed by atoms with Crippen molar-refractivity contribution in [3.8, 4) is 6.07 Å². The van der Waals surface area contributed by atoms with E-state index < -0.39 is 10.8 Å². The molecule has 1 aromatic rings. The zero-order valence-corrected chi connectivity index (χ0v) is 10.1. The lowest BCUT2D eigenvalue weighted by Gasteiger charge is -2.11. The molecule has 1 unspecified atom stereocenters. The average molecular weight is 247 g/mol. The third-order valence-electron chi connectivity index (χ3n) is 2.44. The Morgan fingerprint density at radius 3 is 2.83 bits per heavy atom. The largest absolute Gasteiger partial charge is 0.348 e. The Balaban J connectivity index is 3.03. The second-order valence-electron chi connectivity index (χ2n) is 3.96. The number of para-hydroxylation sites is 1. The van der Waals surface area contributed by atoms with Gasteiger partial charge in [0.05, 0.1) is 17.4 Å². The van der Waals surface area contributed by atoms with Crippen LogP contribution in [0.4, 0.5) is 5.69 Å². The van der Waals surface area contributed by atoms with Crippen LogP contribution in [0.3, 0.4) is 0 Å². The predicted octanol–water partition coefficient (Wildman–Crippen LogP) is 1.94. The fraction of sp³-hybridized carbons (Fsp3) is 0.333. The van der Waals surface area contributed by atoms with Crippen LogP contribution in [0.25, 0.3) is 0 Å². The summed E-state index contributed by atoms with van der Waals surface area (Å²) < 4.78 is 0. The molecular formula is C12H13N3O3. The summed E-state index contributed by atoms with van der Waals surface area (Å²) in [5.74, 6) is -0.534. The van der Waals surface area contributed by atoms with Gasteiger partial charge in [-0.2, -0.15) is 5.26 Å². The monoisotopic (exact) mass is 247 g/mol. The van der Waals surface area contributed by atoms with Gasteiger partial charge in [-0.3, -0.25) is 14.9 Å². The van der Waals surface area contributed by atoms with Crippen molar-refractivity contribution < 1.29 is 9.72 Å². The maximum Gasteiger partial charge on any atom is 0.285 e. The molecule has 94 valence electrons. The fourth-order valence-electron chi connectivity index (χ4n) is 1.57. The van der Waals surface area contributed by atoms with Crippen LogP contribution in [0.5, 0.6) is 0 Å². The van der Waals surface area contributed by atoms with Crippen LogP contribution in [0.1, 0.15) is 29.3 Å².